The molecule has 0 radical (unpaired) electrons. The highest BCUT2D eigenvalue weighted by Gasteiger charge is 2.30. The molecule has 0 aliphatic rings. The number of aryl methyl sites for hydroxylation is 2. The molecule has 2 nitrogen and oxygen atoms in total. The van der Waals surface area contributed by atoms with Crippen molar-refractivity contribution in [1.82, 2.24) is 0 Å². The minimum atomic E-state index is -0.318. The maximum absolute atomic E-state index is 6.09. The van der Waals surface area contributed by atoms with E-state index in [1.165, 1.54) is 5.56 Å². The molecule has 1 atom stereocenters. The first-order chi connectivity index (χ1) is 10.4. The summed E-state index contributed by atoms with van der Waals surface area (Å²) in [7, 11) is 1.76. The molecule has 0 spiro atoms. The first-order valence-electron chi connectivity index (χ1n) is 7.77. The minimum absolute atomic E-state index is 0.318. The fourth-order valence-electron chi connectivity index (χ4n) is 2.50. The molecule has 0 bridgehead atoms. The molecule has 0 saturated heterocycles. The van der Waals surface area contributed by atoms with Crippen LogP contribution in [0.2, 0.25) is 0 Å². The molecule has 0 aromatic heterocycles. The number of rotatable bonds is 5. The van der Waals surface area contributed by atoms with Crippen LogP contribution in [0.5, 0.6) is 11.5 Å². The van der Waals surface area contributed by atoms with E-state index in [1.54, 1.807) is 7.11 Å². The Bertz CT molecular complexity index is 646. The van der Waals surface area contributed by atoms with Gasteiger partial charge in [0.2, 0.25) is 0 Å². The van der Waals surface area contributed by atoms with E-state index in [-0.39, 0.29) is 5.60 Å². The molecule has 22 heavy (non-hydrogen) atoms. The number of methoxy groups -OCH3 is 1. The lowest BCUT2D eigenvalue weighted by molar-refractivity contribution is -0.0374. The van der Waals surface area contributed by atoms with E-state index in [4.69, 9.17) is 9.47 Å². The molecule has 0 fully saturated rings. The molecule has 2 rings (SSSR count). The second kappa shape index (κ2) is 6.53. The minimum Gasteiger partial charge on any atom is -0.457 e. The van der Waals surface area contributed by atoms with Crippen LogP contribution in [0, 0.1) is 19.8 Å². The summed E-state index contributed by atoms with van der Waals surface area (Å²) < 4.78 is 11.9. The zero-order valence-corrected chi connectivity index (χ0v) is 14.4. The Balaban J connectivity index is 2.35. The van der Waals surface area contributed by atoms with Crippen molar-refractivity contribution in [3.05, 3.63) is 59.2 Å². The van der Waals surface area contributed by atoms with Crippen molar-refractivity contribution in [3.63, 3.8) is 0 Å². The van der Waals surface area contributed by atoms with Gasteiger partial charge in [0.25, 0.3) is 0 Å². The Kier molecular flexibility index (Phi) is 4.92. The predicted octanol–water partition coefficient (Wildman–Crippen LogP) is 5.61. The first-order valence-corrected chi connectivity index (χ1v) is 7.77. The summed E-state index contributed by atoms with van der Waals surface area (Å²) in [5.74, 6) is 2.12. The molecule has 2 heteroatoms. The van der Waals surface area contributed by atoms with Crippen LogP contribution in [0.3, 0.4) is 0 Å². The van der Waals surface area contributed by atoms with Gasteiger partial charge in [-0.3, -0.25) is 0 Å². The average Bonchev–Trinajstić information content (AvgIpc) is 2.50. The van der Waals surface area contributed by atoms with Gasteiger partial charge in [-0.25, -0.2) is 0 Å². The maximum atomic E-state index is 6.09. The molecule has 0 saturated carbocycles. The second-order valence-corrected chi connectivity index (χ2v) is 6.36. The van der Waals surface area contributed by atoms with Gasteiger partial charge >= 0.3 is 0 Å². The van der Waals surface area contributed by atoms with Crippen LogP contribution in [-0.4, -0.2) is 7.11 Å². The first kappa shape index (κ1) is 16.6. The molecular weight excluding hydrogens is 272 g/mol. The smallest absolute Gasteiger partial charge is 0.130 e. The lowest BCUT2D eigenvalue weighted by Gasteiger charge is -2.33. The summed E-state index contributed by atoms with van der Waals surface area (Å²) in [6, 6.07) is 14.4. The molecule has 2 aromatic rings. The van der Waals surface area contributed by atoms with Gasteiger partial charge in [-0.15, -0.1) is 0 Å². The summed E-state index contributed by atoms with van der Waals surface area (Å²) in [6.07, 6.45) is 0. The van der Waals surface area contributed by atoms with Crippen molar-refractivity contribution < 1.29 is 9.47 Å². The van der Waals surface area contributed by atoms with Gasteiger partial charge in [0.05, 0.1) is 5.60 Å². The van der Waals surface area contributed by atoms with Crippen molar-refractivity contribution >= 4 is 0 Å². The Morgan fingerprint density at radius 3 is 2.36 bits per heavy atom. The fourth-order valence-corrected chi connectivity index (χ4v) is 2.50. The molecule has 0 aliphatic heterocycles. The van der Waals surface area contributed by atoms with Crippen molar-refractivity contribution in [3.8, 4) is 11.5 Å². The van der Waals surface area contributed by atoms with Crippen LogP contribution in [0.15, 0.2) is 42.5 Å². The highest BCUT2D eigenvalue weighted by molar-refractivity contribution is 5.41. The second-order valence-electron chi connectivity index (χ2n) is 6.36. The van der Waals surface area contributed by atoms with Crippen LogP contribution < -0.4 is 4.74 Å². The van der Waals surface area contributed by atoms with E-state index < -0.39 is 0 Å². The zero-order valence-electron chi connectivity index (χ0n) is 14.4. The van der Waals surface area contributed by atoms with Crippen LogP contribution in [0.25, 0.3) is 0 Å². The summed E-state index contributed by atoms with van der Waals surface area (Å²) in [4.78, 5) is 0. The zero-order chi connectivity index (χ0) is 16.3. The number of benzene rings is 2. The van der Waals surface area contributed by atoms with Gasteiger partial charge in [-0.1, -0.05) is 38.1 Å². The quantitative estimate of drug-likeness (QED) is 0.714. The normalized spacial score (nSPS) is 14.0. The SMILES string of the molecule is COC(C)(c1cccc(Oc2cc(C)ccc2C)c1)C(C)C. The van der Waals surface area contributed by atoms with Gasteiger partial charge in [-0.05, 0) is 61.6 Å². The molecule has 0 aliphatic carbocycles. The fraction of sp³-hybridized carbons (Fsp3) is 0.400. The largest absolute Gasteiger partial charge is 0.457 e. The van der Waals surface area contributed by atoms with Gasteiger partial charge in [0, 0.05) is 7.11 Å². The summed E-state index contributed by atoms with van der Waals surface area (Å²) in [6.45, 7) is 10.6. The highest BCUT2D eigenvalue weighted by atomic mass is 16.5. The van der Waals surface area contributed by atoms with Crippen molar-refractivity contribution in [2.45, 2.75) is 40.2 Å². The third-order valence-corrected chi connectivity index (χ3v) is 4.50. The standard InChI is InChI=1S/C20H26O2/c1-14(2)20(5,21-6)17-8-7-9-18(13-17)22-19-12-15(3)10-11-16(19)4/h7-14H,1-6H3. The predicted molar refractivity (Wildman–Crippen MR) is 91.6 cm³/mol. The van der Waals surface area contributed by atoms with E-state index in [0.717, 1.165) is 22.6 Å². The van der Waals surface area contributed by atoms with Crippen LogP contribution in [-0.2, 0) is 10.3 Å². The number of ether oxygens (including phenoxy) is 2. The average molecular weight is 298 g/mol. The Morgan fingerprint density at radius 1 is 1.00 bits per heavy atom. The van der Waals surface area contributed by atoms with Crippen molar-refractivity contribution in [1.29, 1.82) is 0 Å². The summed E-state index contributed by atoms with van der Waals surface area (Å²) in [5.41, 5.74) is 3.14. The molecule has 0 N–H and O–H groups in total. The van der Waals surface area contributed by atoms with E-state index in [9.17, 15) is 0 Å². The van der Waals surface area contributed by atoms with E-state index in [0.29, 0.717) is 5.92 Å². The third kappa shape index (κ3) is 3.33. The molecule has 0 heterocycles. The number of hydrogen-bond acceptors (Lipinski definition) is 2. The third-order valence-electron chi connectivity index (χ3n) is 4.50. The molecule has 1 unspecified atom stereocenters. The lowest BCUT2D eigenvalue weighted by Crippen LogP contribution is -2.30. The molecule has 0 amide bonds. The summed E-state index contributed by atoms with van der Waals surface area (Å²) in [5, 5.41) is 0. The molecular formula is C20H26O2. The maximum Gasteiger partial charge on any atom is 0.130 e. The Labute approximate surface area is 134 Å². The van der Waals surface area contributed by atoms with Gasteiger partial charge in [0.15, 0.2) is 0 Å². The number of hydrogen-bond donors (Lipinski definition) is 0. The van der Waals surface area contributed by atoms with Crippen molar-refractivity contribution in [2.24, 2.45) is 5.92 Å². The topological polar surface area (TPSA) is 18.5 Å². The van der Waals surface area contributed by atoms with E-state index >= 15 is 0 Å². The van der Waals surface area contributed by atoms with E-state index in [2.05, 4.69) is 65.0 Å². The Morgan fingerprint density at radius 2 is 1.73 bits per heavy atom. The Hall–Kier alpha value is -1.80. The van der Waals surface area contributed by atoms with Crippen LogP contribution in [0.1, 0.15) is 37.5 Å². The summed E-state index contributed by atoms with van der Waals surface area (Å²) >= 11 is 0. The van der Waals surface area contributed by atoms with Crippen LogP contribution in [0.4, 0.5) is 0 Å². The molecule has 118 valence electrons. The molecule has 2 aromatic carbocycles. The van der Waals surface area contributed by atoms with Crippen LogP contribution >= 0.6 is 0 Å². The van der Waals surface area contributed by atoms with Gasteiger partial charge in [-0.2, -0.15) is 0 Å². The highest BCUT2D eigenvalue weighted by Crippen LogP contribution is 2.35. The monoisotopic (exact) mass is 298 g/mol. The van der Waals surface area contributed by atoms with E-state index in [1.807, 2.05) is 12.1 Å². The van der Waals surface area contributed by atoms with Gasteiger partial charge < -0.3 is 9.47 Å². The van der Waals surface area contributed by atoms with Crippen molar-refractivity contribution in [2.75, 3.05) is 7.11 Å². The lowest BCUT2D eigenvalue weighted by atomic mass is 9.85. The van der Waals surface area contributed by atoms with Gasteiger partial charge in [0.1, 0.15) is 11.5 Å².